The van der Waals surface area contributed by atoms with E-state index in [4.69, 9.17) is 4.74 Å². The lowest BCUT2D eigenvalue weighted by molar-refractivity contribution is -0.146. The largest absolute Gasteiger partial charge is 0.461 e. The van der Waals surface area contributed by atoms with Crippen molar-refractivity contribution in [1.82, 2.24) is 4.98 Å². The number of nitrogens with one attached hydrogen (secondary N) is 1. The summed E-state index contributed by atoms with van der Waals surface area (Å²) < 4.78 is 5.26. The van der Waals surface area contributed by atoms with Crippen LogP contribution < -0.4 is 5.56 Å². The Morgan fingerprint density at radius 2 is 2.00 bits per heavy atom. The minimum absolute atomic E-state index is 0.0473. The number of pyridine rings is 1. The van der Waals surface area contributed by atoms with Crippen LogP contribution in [0.4, 0.5) is 0 Å². The highest BCUT2D eigenvalue weighted by Crippen LogP contribution is 2.27. The molecule has 0 bridgehead atoms. The van der Waals surface area contributed by atoms with E-state index in [1.54, 1.807) is 6.07 Å². The van der Waals surface area contributed by atoms with Crippen LogP contribution in [0.5, 0.6) is 0 Å². The molecule has 1 aliphatic rings. The van der Waals surface area contributed by atoms with Gasteiger partial charge in [-0.15, -0.1) is 0 Å². The molecule has 110 valence electrons. The van der Waals surface area contributed by atoms with Gasteiger partial charge in [0.1, 0.15) is 6.61 Å². The maximum absolute atomic E-state index is 11.9. The van der Waals surface area contributed by atoms with Gasteiger partial charge in [0, 0.05) is 11.9 Å². The molecule has 1 N–H and O–H groups in total. The van der Waals surface area contributed by atoms with E-state index in [9.17, 15) is 9.59 Å². The Morgan fingerprint density at radius 3 is 2.81 bits per heavy atom. The van der Waals surface area contributed by atoms with Crippen LogP contribution in [0.1, 0.15) is 37.7 Å². The zero-order valence-corrected chi connectivity index (χ0v) is 11.9. The molecule has 1 aliphatic carbocycles. The lowest BCUT2D eigenvalue weighted by Gasteiger charge is -2.09. The summed E-state index contributed by atoms with van der Waals surface area (Å²) in [5.74, 6) is 0.266. The number of fused-ring (bicyclic) bond motifs is 1. The summed E-state index contributed by atoms with van der Waals surface area (Å²) in [6, 6.07) is 9.36. The molecular weight excluding hydrogens is 266 g/mol. The van der Waals surface area contributed by atoms with Crippen LogP contribution in [-0.2, 0) is 16.1 Å². The minimum atomic E-state index is -0.200. The average molecular weight is 285 g/mol. The first-order valence-corrected chi connectivity index (χ1v) is 7.49. The number of carbonyl (C=O) groups is 1. The van der Waals surface area contributed by atoms with Crippen LogP contribution >= 0.6 is 0 Å². The van der Waals surface area contributed by atoms with Crippen LogP contribution in [0.25, 0.3) is 10.9 Å². The van der Waals surface area contributed by atoms with E-state index in [2.05, 4.69) is 4.98 Å². The van der Waals surface area contributed by atoms with Crippen LogP contribution in [0.2, 0.25) is 0 Å². The van der Waals surface area contributed by atoms with Crippen LogP contribution in [0.15, 0.2) is 35.1 Å². The van der Waals surface area contributed by atoms with Gasteiger partial charge >= 0.3 is 5.97 Å². The van der Waals surface area contributed by atoms with E-state index in [0.717, 1.165) is 23.7 Å². The van der Waals surface area contributed by atoms with E-state index >= 15 is 0 Å². The van der Waals surface area contributed by atoms with Gasteiger partial charge in [-0.2, -0.15) is 0 Å². The molecule has 1 aromatic carbocycles. The fraction of sp³-hybridized carbons (Fsp3) is 0.412. The highest BCUT2D eigenvalue weighted by atomic mass is 16.5. The molecule has 0 unspecified atom stereocenters. The third-order valence-corrected chi connectivity index (χ3v) is 4.15. The van der Waals surface area contributed by atoms with Crippen molar-refractivity contribution in [2.24, 2.45) is 5.92 Å². The number of hydrogen-bond donors (Lipinski definition) is 1. The van der Waals surface area contributed by atoms with Gasteiger partial charge in [0.05, 0.1) is 5.56 Å². The standard InChI is InChI=1S/C17H19NO3/c19-16(9-12-5-1-2-6-12)21-11-14-10-13-7-3-4-8-15(13)18-17(14)20/h3-4,7-8,10,12H,1-2,5-6,9,11H2,(H,18,20). The SMILES string of the molecule is O=C(CC1CCCC1)OCc1cc2ccccc2[nH]c1=O. The topological polar surface area (TPSA) is 59.2 Å². The Kier molecular flexibility index (Phi) is 4.04. The quantitative estimate of drug-likeness (QED) is 0.878. The summed E-state index contributed by atoms with van der Waals surface area (Å²) in [7, 11) is 0. The monoisotopic (exact) mass is 285 g/mol. The van der Waals surface area contributed by atoms with Gasteiger partial charge < -0.3 is 9.72 Å². The third-order valence-electron chi connectivity index (χ3n) is 4.15. The van der Waals surface area contributed by atoms with Crippen molar-refractivity contribution >= 4 is 16.9 Å². The highest BCUT2D eigenvalue weighted by Gasteiger charge is 2.19. The first-order valence-electron chi connectivity index (χ1n) is 7.49. The van der Waals surface area contributed by atoms with Crippen molar-refractivity contribution in [3.05, 3.63) is 46.2 Å². The fourth-order valence-electron chi connectivity index (χ4n) is 2.97. The van der Waals surface area contributed by atoms with Gasteiger partial charge in [0.25, 0.3) is 5.56 Å². The van der Waals surface area contributed by atoms with Crippen LogP contribution in [0.3, 0.4) is 0 Å². The van der Waals surface area contributed by atoms with E-state index in [-0.39, 0.29) is 18.1 Å². The number of esters is 1. The zero-order valence-electron chi connectivity index (χ0n) is 11.9. The van der Waals surface area contributed by atoms with Gasteiger partial charge in [-0.25, -0.2) is 0 Å². The third kappa shape index (κ3) is 3.32. The highest BCUT2D eigenvalue weighted by molar-refractivity contribution is 5.78. The number of H-pyrrole nitrogens is 1. The van der Waals surface area contributed by atoms with E-state index in [1.807, 2.05) is 24.3 Å². The molecule has 1 heterocycles. The van der Waals surface area contributed by atoms with Crippen molar-refractivity contribution in [3.63, 3.8) is 0 Å². The Labute approximate surface area is 123 Å². The number of para-hydroxylation sites is 1. The van der Waals surface area contributed by atoms with E-state index < -0.39 is 0 Å². The second-order valence-corrected chi connectivity index (χ2v) is 5.73. The Balaban J connectivity index is 1.65. The first kappa shape index (κ1) is 13.9. The molecule has 1 saturated carbocycles. The molecule has 0 saturated heterocycles. The smallest absolute Gasteiger partial charge is 0.306 e. The normalized spacial score (nSPS) is 15.4. The number of aromatic amines is 1. The second-order valence-electron chi connectivity index (χ2n) is 5.73. The molecule has 1 fully saturated rings. The molecular formula is C17H19NO3. The lowest BCUT2D eigenvalue weighted by atomic mass is 10.0. The Morgan fingerprint density at radius 1 is 1.24 bits per heavy atom. The number of ether oxygens (including phenoxy) is 1. The first-order chi connectivity index (χ1) is 10.2. The predicted octanol–water partition coefficient (Wildman–Crippen LogP) is 3.15. The van der Waals surface area contributed by atoms with Crippen LogP contribution in [0, 0.1) is 5.92 Å². The van der Waals surface area contributed by atoms with Crippen LogP contribution in [-0.4, -0.2) is 11.0 Å². The minimum Gasteiger partial charge on any atom is -0.461 e. The molecule has 3 rings (SSSR count). The molecule has 4 heteroatoms. The average Bonchev–Trinajstić information content (AvgIpc) is 2.98. The van der Waals surface area contributed by atoms with E-state index in [0.29, 0.717) is 17.9 Å². The number of benzene rings is 1. The summed E-state index contributed by atoms with van der Waals surface area (Å²) >= 11 is 0. The van der Waals surface area contributed by atoms with Crippen molar-refractivity contribution in [2.75, 3.05) is 0 Å². The molecule has 21 heavy (non-hydrogen) atoms. The van der Waals surface area contributed by atoms with Gasteiger partial charge in [0.15, 0.2) is 0 Å². The molecule has 0 spiro atoms. The molecule has 4 nitrogen and oxygen atoms in total. The van der Waals surface area contributed by atoms with Gasteiger partial charge in [-0.3, -0.25) is 9.59 Å². The molecule has 0 amide bonds. The second kappa shape index (κ2) is 6.12. The molecule has 0 aliphatic heterocycles. The molecule has 1 aromatic heterocycles. The molecule has 2 aromatic rings. The molecule has 0 radical (unpaired) electrons. The Bertz CT molecular complexity index is 698. The lowest BCUT2D eigenvalue weighted by Crippen LogP contribution is -2.16. The van der Waals surface area contributed by atoms with E-state index in [1.165, 1.54) is 12.8 Å². The van der Waals surface area contributed by atoms with Crippen molar-refractivity contribution < 1.29 is 9.53 Å². The number of hydrogen-bond acceptors (Lipinski definition) is 3. The summed E-state index contributed by atoms with van der Waals surface area (Å²) in [4.78, 5) is 26.6. The van der Waals surface area contributed by atoms with Crippen molar-refractivity contribution in [3.8, 4) is 0 Å². The van der Waals surface area contributed by atoms with Gasteiger partial charge in [-0.1, -0.05) is 31.0 Å². The predicted molar refractivity (Wildman–Crippen MR) is 80.9 cm³/mol. The number of carbonyl (C=O) groups excluding carboxylic acids is 1. The van der Waals surface area contributed by atoms with Crippen molar-refractivity contribution in [1.29, 1.82) is 0 Å². The Hall–Kier alpha value is -2.10. The maximum Gasteiger partial charge on any atom is 0.306 e. The van der Waals surface area contributed by atoms with Crippen molar-refractivity contribution in [2.45, 2.75) is 38.7 Å². The molecule has 0 atom stereocenters. The number of aromatic nitrogens is 1. The summed E-state index contributed by atoms with van der Waals surface area (Å²) in [6.45, 7) is 0.0473. The number of rotatable bonds is 4. The van der Waals surface area contributed by atoms with Gasteiger partial charge in [-0.05, 0) is 36.3 Å². The summed E-state index contributed by atoms with van der Waals surface area (Å²) in [5, 5.41) is 0.943. The summed E-state index contributed by atoms with van der Waals surface area (Å²) in [5.41, 5.74) is 1.10. The maximum atomic E-state index is 11.9. The zero-order chi connectivity index (χ0) is 14.7. The van der Waals surface area contributed by atoms with Gasteiger partial charge in [0.2, 0.25) is 0 Å². The summed E-state index contributed by atoms with van der Waals surface area (Å²) in [6.07, 6.45) is 5.13. The fourth-order valence-corrected chi connectivity index (χ4v) is 2.97.